The summed E-state index contributed by atoms with van der Waals surface area (Å²) in [5.41, 5.74) is 1.64. The number of hydrogen-bond donors (Lipinski definition) is 2. The van der Waals surface area contributed by atoms with Crippen molar-refractivity contribution in [2.24, 2.45) is 5.92 Å². The van der Waals surface area contributed by atoms with Crippen LogP contribution in [0.2, 0.25) is 0 Å². The number of nitrogens with one attached hydrogen (secondary N) is 2. The second kappa shape index (κ2) is 8.11. The lowest BCUT2D eigenvalue weighted by molar-refractivity contribution is -0.117. The molecular weight excluding hydrogens is 318 g/mol. The van der Waals surface area contributed by atoms with Crippen molar-refractivity contribution in [1.82, 2.24) is 20.1 Å². The van der Waals surface area contributed by atoms with Gasteiger partial charge in [0.15, 0.2) is 5.82 Å². The zero-order valence-corrected chi connectivity index (χ0v) is 14.8. The lowest BCUT2D eigenvalue weighted by atomic mass is 10.1. The van der Waals surface area contributed by atoms with Gasteiger partial charge in [0.05, 0.1) is 19.0 Å². The van der Waals surface area contributed by atoms with E-state index >= 15 is 0 Å². The second-order valence-electron chi connectivity index (χ2n) is 6.65. The van der Waals surface area contributed by atoms with Crippen LogP contribution < -0.4 is 10.1 Å². The Bertz CT molecular complexity index is 709. The van der Waals surface area contributed by atoms with Gasteiger partial charge in [0, 0.05) is 30.8 Å². The number of anilines is 1. The van der Waals surface area contributed by atoms with Crippen LogP contribution in [0.25, 0.3) is 11.3 Å². The number of likely N-dealkylation sites (tertiary alicyclic amines) is 1. The zero-order chi connectivity index (χ0) is 17.6. The third kappa shape index (κ3) is 4.79. The quantitative estimate of drug-likeness (QED) is 0.807. The van der Waals surface area contributed by atoms with Crippen LogP contribution in [-0.2, 0) is 4.79 Å². The number of rotatable bonds is 7. The standard InChI is InChI=1S/C18H25N5O2/c1-13(12-23-5-3-4-6-23)7-18(24)20-17-9-16(21-22-17)14-8-15(25-2)11-19-10-14/h8-11,13H,3-7,12H2,1-2H3,(H2,20,21,22,24). The van der Waals surface area contributed by atoms with Crippen LogP contribution in [-0.4, -0.2) is 52.7 Å². The summed E-state index contributed by atoms with van der Waals surface area (Å²) >= 11 is 0. The first-order chi connectivity index (χ1) is 12.1. The molecule has 0 radical (unpaired) electrons. The number of aromatic nitrogens is 3. The molecule has 2 N–H and O–H groups in total. The molecule has 1 aliphatic rings. The molecule has 2 aromatic rings. The molecule has 25 heavy (non-hydrogen) atoms. The number of pyridine rings is 1. The SMILES string of the molecule is COc1cncc(-c2cc(NC(=O)CC(C)CN3CCCC3)n[nH]2)c1. The Labute approximate surface area is 147 Å². The minimum absolute atomic E-state index is 0.00601. The molecule has 0 aromatic carbocycles. The Balaban J connectivity index is 1.54. The molecule has 7 heteroatoms. The van der Waals surface area contributed by atoms with Gasteiger partial charge < -0.3 is 15.0 Å². The second-order valence-corrected chi connectivity index (χ2v) is 6.65. The number of methoxy groups -OCH3 is 1. The van der Waals surface area contributed by atoms with Gasteiger partial charge in [0.2, 0.25) is 5.91 Å². The summed E-state index contributed by atoms with van der Waals surface area (Å²) in [5.74, 6) is 1.53. The predicted octanol–water partition coefficient (Wildman–Crippen LogP) is 2.54. The molecular formula is C18H25N5O2. The maximum atomic E-state index is 12.2. The number of amides is 1. The molecule has 0 bridgehead atoms. The zero-order valence-electron chi connectivity index (χ0n) is 14.8. The van der Waals surface area contributed by atoms with Crippen molar-refractivity contribution < 1.29 is 9.53 Å². The van der Waals surface area contributed by atoms with E-state index in [1.54, 1.807) is 25.6 Å². The first-order valence-electron chi connectivity index (χ1n) is 8.71. The van der Waals surface area contributed by atoms with Crippen LogP contribution in [0.1, 0.15) is 26.2 Å². The number of carbonyl (C=O) groups is 1. The Hall–Kier alpha value is -2.41. The van der Waals surface area contributed by atoms with Crippen molar-refractivity contribution in [3.8, 4) is 17.0 Å². The van der Waals surface area contributed by atoms with E-state index in [-0.39, 0.29) is 5.91 Å². The Kier molecular flexibility index (Phi) is 5.65. The van der Waals surface area contributed by atoms with Crippen LogP contribution in [0, 0.1) is 5.92 Å². The normalized spacial score (nSPS) is 15.9. The maximum Gasteiger partial charge on any atom is 0.225 e. The summed E-state index contributed by atoms with van der Waals surface area (Å²) in [6, 6.07) is 3.67. The minimum atomic E-state index is -0.00601. The van der Waals surface area contributed by atoms with Gasteiger partial charge in [-0.25, -0.2) is 0 Å². The lowest BCUT2D eigenvalue weighted by Crippen LogP contribution is -2.27. The minimum Gasteiger partial charge on any atom is -0.495 e. The van der Waals surface area contributed by atoms with Crippen LogP contribution >= 0.6 is 0 Å². The van der Waals surface area contributed by atoms with E-state index in [1.807, 2.05) is 6.07 Å². The van der Waals surface area contributed by atoms with Gasteiger partial charge in [0.25, 0.3) is 0 Å². The smallest absolute Gasteiger partial charge is 0.225 e. The molecule has 0 aliphatic carbocycles. The first-order valence-corrected chi connectivity index (χ1v) is 8.71. The molecule has 0 spiro atoms. The average molecular weight is 343 g/mol. The number of aromatic amines is 1. The maximum absolute atomic E-state index is 12.2. The number of hydrogen-bond acceptors (Lipinski definition) is 5. The van der Waals surface area contributed by atoms with E-state index in [9.17, 15) is 4.79 Å². The molecule has 1 unspecified atom stereocenters. The Morgan fingerprint density at radius 3 is 2.92 bits per heavy atom. The predicted molar refractivity (Wildman–Crippen MR) is 96.5 cm³/mol. The fraction of sp³-hybridized carbons (Fsp3) is 0.500. The van der Waals surface area contributed by atoms with Gasteiger partial charge in [-0.2, -0.15) is 5.10 Å². The van der Waals surface area contributed by atoms with Crippen molar-refractivity contribution in [2.75, 3.05) is 32.1 Å². The molecule has 1 saturated heterocycles. The van der Waals surface area contributed by atoms with E-state index in [0.29, 0.717) is 23.9 Å². The van der Waals surface area contributed by atoms with Crippen LogP contribution in [0.15, 0.2) is 24.5 Å². The van der Waals surface area contributed by atoms with Gasteiger partial charge in [-0.05, 0) is 37.9 Å². The monoisotopic (exact) mass is 343 g/mol. The van der Waals surface area contributed by atoms with E-state index in [1.165, 1.54) is 12.8 Å². The van der Waals surface area contributed by atoms with E-state index in [2.05, 4.69) is 32.3 Å². The molecule has 1 fully saturated rings. The highest BCUT2D eigenvalue weighted by molar-refractivity contribution is 5.90. The summed E-state index contributed by atoms with van der Waals surface area (Å²) in [4.78, 5) is 18.8. The van der Waals surface area contributed by atoms with Crippen molar-refractivity contribution in [3.63, 3.8) is 0 Å². The molecule has 134 valence electrons. The molecule has 1 atom stereocenters. The van der Waals surface area contributed by atoms with Gasteiger partial charge in [-0.15, -0.1) is 0 Å². The number of carbonyl (C=O) groups excluding carboxylic acids is 1. The Morgan fingerprint density at radius 1 is 1.36 bits per heavy atom. The average Bonchev–Trinajstić information content (AvgIpc) is 3.26. The van der Waals surface area contributed by atoms with E-state index in [0.717, 1.165) is 30.9 Å². The molecule has 2 aromatic heterocycles. The lowest BCUT2D eigenvalue weighted by Gasteiger charge is -2.19. The molecule has 1 aliphatic heterocycles. The number of H-pyrrole nitrogens is 1. The van der Waals surface area contributed by atoms with E-state index < -0.39 is 0 Å². The summed E-state index contributed by atoms with van der Waals surface area (Å²) in [5, 5.41) is 9.95. The molecule has 1 amide bonds. The van der Waals surface area contributed by atoms with Crippen LogP contribution in [0.5, 0.6) is 5.75 Å². The van der Waals surface area contributed by atoms with Crippen LogP contribution in [0.4, 0.5) is 5.82 Å². The third-order valence-electron chi connectivity index (χ3n) is 4.41. The molecule has 0 saturated carbocycles. The summed E-state index contributed by atoms with van der Waals surface area (Å²) in [7, 11) is 1.60. The Morgan fingerprint density at radius 2 is 2.16 bits per heavy atom. The molecule has 7 nitrogen and oxygen atoms in total. The highest BCUT2D eigenvalue weighted by Crippen LogP contribution is 2.22. The van der Waals surface area contributed by atoms with Crippen molar-refractivity contribution >= 4 is 11.7 Å². The van der Waals surface area contributed by atoms with E-state index in [4.69, 9.17) is 4.74 Å². The van der Waals surface area contributed by atoms with Crippen molar-refractivity contribution in [2.45, 2.75) is 26.2 Å². The first kappa shape index (κ1) is 17.4. The summed E-state index contributed by atoms with van der Waals surface area (Å²) in [6.45, 7) is 5.41. The van der Waals surface area contributed by atoms with Crippen molar-refractivity contribution in [3.05, 3.63) is 24.5 Å². The van der Waals surface area contributed by atoms with Gasteiger partial charge >= 0.3 is 0 Å². The highest BCUT2D eigenvalue weighted by Gasteiger charge is 2.17. The topological polar surface area (TPSA) is 83.1 Å². The fourth-order valence-electron chi connectivity index (χ4n) is 3.19. The number of nitrogens with zero attached hydrogens (tertiary/aromatic N) is 3. The third-order valence-corrected chi connectivity index (χ3v) is 4.41. The van der Waals surface area contributed by atoms with Gasteiger partial charge in [-0.1, -0.05) is 6.92 Å². The van der Waals surface area contributed by atoms with Gasteiger partial charge in [-0.3, -0.25) is 14.9 Å². The largest absolute Gasteiger partial charge is 0.495 e. The highest BCUT2D eigenvalue weighted by atomic mass is 16.5. The summed E-state index contributed by atoms with van der Waals surface area (Å²) in [6.07, 6.45) is 6.41. The van der Waals surface area contributed by atoms with Gasteiger partial charge in [0.1, 0.15) is 5.75 Å². The fourth-order valence-corrected chi connectivity index (χ4v) is 3.19. The van der Waals surface area contributed by atoms with Crippen molar-refractivity contribution in [1.29, 1.82) is 0 Å². The number of ether oxygens (including phenoxy) is 1. The molecule has 3 rings (SSSR count). The van der Waals surface area contributed by atoms with Crippen LogP contribution in [0.3, 0.4) is 0 Å². The molecule has 3 heterocycles. The summed E-state index contributed by atoms with van der Waals surface area (Å²) < 4.78 is 5.18.